The number of methoxy groups -OCH3 is 2. The van der Waals surface area contributed by atoms with Gasteiger partial charge in [0.2, 0.25) is 0 Å². The van der Waals surface area contributed by atoms with Gasteiger partial charge in [-0.25, -0.2) is 0 Å². The highest BCUT2D eigenvalue weighted by molar-refractivity contribution is 9.10. The van der Waals surface area contributed by atoms with Crippen LogP contribution in [-0.2, 0) is 6.42 Å². The van der Waals surface area contributed by atoms with Crippen molar-refractivity contribution in [2.24, 2.45) is 0 Å². The van der Waals surface area contributed by atoms with E-state index in [-0.39, 0.29) is 5.78 Å². The molecule has 0 radical (unpaired) electrons. The Morgan fingerprint density at radius 2 is 1.67 bits per heavy atom. The minimum atomic E-state index is -0.0275. The highest BCUT2D eigenvalue weighted by Gasteiger charge is 2.18. The predicted octanol–water partition coefficient (Wildman–Crippen LogP) is 4.26. The molecule has 0 atom stereocenters. The average molecular weight is 349 g/mol. The third-order valence-electron chi connectivity index (χ3n) is 3.36. The molecule has 0 aliphatic heterocycles. The summed E-state index contributed by atoms with van der Waals surface area (Å²) < 4.78 is 11.2. The molecule has 0 amide bonds. The number of hydrogen-bond donors (Lipinski definition) is 0. The number of carbonyl (C=O) groups excluding carboxylic acids is 1. The monoisotopic (exact) mass is 348 g/mol. The van der Waals surface area contributed by atoms with Gasteiger partial charge in [-0.3, -0.25) is 4.79 Å². The van der Waals surface area contributed by atoms with E-state index in [2.05, 4.69) is 15.9 Å². The van der Waals surface area contributed by atoms with Gasteiger partial charge in [0.1, 0.15) is 0 Å². The standard InChI is InChI=1S/C17H17BrO3/c1-4-11-7-5-6-8-12(11)17(19)13-9-15(20-2)16(21-3)10-14(13)18/h5-10H,4H2,1-3H3. The molecule has 0 fully saturated rings. The first-order chi connectivity index (χ1) is 10.1. The molecular formula is C17H17BrO3. The smallest absolute Gasteiger partial charge is 0.194 e. The Bertz CT molecular complexity index is 665. The Morgan fingerprint density at radius 3 is 2.29 bits per heavy atom. The number of ether oxygens (including phenoxy) is 2. The van der Waals surface area contributed by atoms with Crippen LogP contribution in [0.2, 0.25) is 0 Å². The Balaban J connectivity index is 2.53. The fourth-order valence-electron chi connectivity index (χ4n) is 2.22. The van der Waals surface area contributed by atoms with Crippen molar-refractivity contribution >= 4 is 21.7 Å². The Kier molecular flexibility index (Phi) is 5.02. The number of hydrogen-bond acceptors (Lipinski definition) is 3. The van der Waals surface area contributed by atoms with Crippen molar-refractivity contribution in [3.8, 4) is 11.5 Å². The van der Waals surface area contributed by atoms with Crippen LogP contribution in [0.1, 0.15) is 28.4 Å². The fraction of sp³-hybridized carbons (Fsp3) is 0.235. The van der Waals surface area contributed by atoms with Crippen LogP contribution in [0.15, 0.2) is 40.9 Å². The molecule has 0 bridgehead atoms. The zero-order valence-corrected chi connectivity index (χ0v) is 13.9. The second-order valence-corrected chi connectivity index (χ2v) is 5.38. The van der Waals surface area contributed by atoms with Gasteiger partial charge in [0.05, 0.1) is 14.2 Å². The van der Waals surface area contributed by atoms with Crippen LogP contribution in [0, 0.1) is 0 Å². The van der Waals surface area contributed by atoms with Crippen molar-refractivity contribution in [2.75, 3.05) is 14.2 Å². The molecule has 0 unspecified atom stereocenters. The highest BCUT2D eigenvalue weighted by atomic mass is 79.9. The molecule has 0 aliphatic rings. The molecule has 0 aromatic heterocycles. The summed E-state index contributed by atoms with van der Waals surface area (Å²) in [5.41, 5.74) is 2.31. The van der Waals surface area contributed by atoms with Crippen molar-refractivity contribution in [2.45, 2.75) is 13.3 Å². The van der Waals surface area contributed by atoms with E-state index in [9.17, 15) is 4.79 Å². The second kappa shape index (κ2) is 6.76. The van der Waals surface area contributed by atoms with Crippen LogP contribution in [0.5, 0.6) is 11.5 Å². The molecule has 3 nitrogen and oxygen atoms in total. The van der Waals surface area contributed by atoms with Crippen molar-refractivity contribution in [3.05, 3.63) is 57.6 Å². The Labute approximate surface area is 133 Å². The molecule has 2 rings (SSSR count). The van der Waals surface area contributed by atoms with E-state index in [0.717, 1.165) is 12.0 Å². The van der Waals surface area contributed by atoms with Crippen LogP contribution < -0.4 is 9.47 Å². The normalized spacial score (nSPS) is 10.3. The molecule has 0 heterocycles. The van der Waals surface area contributed by atoms with Crippen LogP contribution in [0.3, 0.4) is 0 Å². The first-order valence-corrected chi connectivity index (χ1v) is 7.45. The lowest BCUT2D eigenvalue weighted by Gasteiger charge is -2.12. The molecule has 110 valence electrons. The van der Waals surface area contributed by atoms with Crippen molar-refractivity contribution in [3.63, 3.8) is 0 Å². The fourth-order valence-corrected chi connectivity index (χ4v) is 2.73. The second-order valence-electron chi connectivity index (χ2n) is 4.53. The summed E-state index contributed by atoms with van der Waals surface area (Å²) in [4.78, 5) is 12.8. The maximum absolute atomic E-state index is 12.8. The van der Waals surface area contributed by atoms with Crippen molar-refractivity contribution in [1.29, 1.82) is 0 Å². The van der Waals surface area contributed by atoms with Gasteiger partial charge in [0.25, 0.3) is 0 Å². The van der Waals surface area contributed by atoms with Gasteiger partial charge in [0.15, 0.2) is 17.3 Å². The number of carbonyl (C=O) groups is 1. The number of halogens is 1. The summed E-state index contributed by atoms with van der Waals surface area (Å²) in [6, 6.07) is 11.1. The molecule has 4 heteroatoms. The minimum Gasteiger partial charge on any atom is -0.493 e. The Hall–Kier alpha value is -1.81. The SMILES string of the molecule is CCc1ccccc1C(=O)c1cc(OC)c(OC)cc1Br. The largest absolute Gasteiger partial charge is 0.493 e. The highest BCUT2D eigenvalue weighted by Crippen LogP contribution is 2.34. The number of benzene rings is 2. The lowest BCUT2D eigenvalue weighted by molar-refractivity contribution is 0.103. The van der Waals surface area contributed by atoms with Crippen molar-refractivity contribution < 1.29 is 14.3 Å². The number of aryl methyl sites for hydroxylation is 1. The van der Waals surface area contributed by atoms with Crippen LogP contribution in [-0.4, -0.2) is 20.0 Å². The van der Waals surface area contributed by atoms with Crippen LogP contribution in [0.4, 0.5) is 0 Å². The first-order valence-electron chi connectivity index (χ1n) is 6.66. The quantitative estimate of drug-likeness (QED) is 0.757. The Morgan fingerprint density at radius 1 is 1.05 bits per heavy atom. The zero-order chi connectivity index (χ0) is 15.4. The van der Waals surface area contributed by atoms with Gasteiger partial charge >= 0.3 is 0 Å². The van der Waals surface area contributed by atoms with Gasteiger partial charge in [0, 0.05) is 15.6 Å². The average Bonchev–Trinajstić information content (AvgIpc) is 2.53. The van der Waals surface area contributed by atoms with Gasteiger partial charge in [-0.15, -0.1) is 0 Å². The molecular weight excluding hydrogens is 332 g/mol. The molecule has 0 aliphatic carbocycles. The van der Waals surface area contributed by atoms with E-state index in [1.54, 1.807) is 26.4 Å². The van der Waals surface area contributed by atoms with E-state index in [0.29, 0.717) is 27.1 Å². The zero-order valence-electron chi connectivity index (χ0n) is 12.3. The number of ketones is 1. The molecule has 2 aromatic carbocycles. The molecule has 0 N–H and O–H groups in total. The first kappa shape index (κ1) is 15.6. The maximum atomic E-state index is 12.8. The summed E-state index contributed by atoms with van der Waals surface area (Å²) in [5.74, 6) is 1.10. The van der Waals surface area contributed by atoms with E-state index >= 15 is 0 Å². The van der Waals surface area contributed by atoms with E-state index in [1.165, 1.54) is 0 Å². The summed E-state index contributed by atoms with van der Waals surface area (Å²) >= 11 is 3.44. The lowest BCUT2D eigenvalue weighted by Crippen LogP contribution is -2.06. The molecule has 21 heavy (non-hydrogen) atoms. The molecule has 0 saturated heterocycles. The van der Waals surface area contributed by atoms with Crippen LogP contribution >= 0.6 is 15.9 Å². The predicted molar refractivity (Wildman–Crippen MR) is 86.5 cm³/mol. The van der Waals surface area contributed by atoms with Gasteiger partial charge < -0.3 is 9.47 Å². The van der Waals surface area contributed by atoms with Gasteiger partial charge in [-0.1, -0.05) is 31.2 Å². The summed E-state index contributed by atoms with van der Waals surface area (Å²) in [7, 11) is 3.12. The van der Waals surface area contributed by atoms with E-state index < -0.39 is 0 Å². The molecule has 0 spiro atoms. The summed E-state index contributed by atoms with van der Waals surface area (Å²) in [5, 5.41) is 0. The number of rotatable bonds is 5. The molecule has 2 aromatic rings. The van der Waals surface area contributed by atoms with Crippen LogP contribution in [0.25, 0.3) is 0 Å². The summed E-state index contributed by atoms with van der Waals surface area (Å²) in [6.45, 7) is 2.04. The van der Waals surface area contributed by atoms with Gasteiger partial charge in [-0.05, 0) is 40.0 Å². The van der Waals surface area contributed by atoms with E-state index in [4.69, 9.17) is 9.47 Å². The minimum absolute atomic E-state index is 0.0275. The molecule has 0 saturated carbocycles. The maximum Gasteiger partial charge on any atom is 0.194 e. The third kappa shape index (κ3) is 3.10. The van der Waals surface area contributed by atoms with Crippen molar-refractivity contribution in [1.82, 2.24) is 0 Å². The van der Waals surface area contributed by atoms with E-state index in [1.807, 2.05) is 31.2 Å². The topological polar surface area (TPSA) is 35.5 Å². The lowest BCUT2D eigenvalue weighted by atomic mass is 9.97. The summed E-state index contributed by atoms with van der Waals surface area (Å²) in [6.07, 6.45) is 0.812. The van der Waals surface area contributed by atoms with Gasteiger partial charge in [-0.2, -0.15) is 0 Å². The third-order valence-corrected chi connectivity index (χ3v) is 4.02.